The van der Waals surface area contributed by atoms with E-state index in [-0.39, 0.29) is 29.0 Å². The van der Waals surface area contributed by atoms with Crippen LogP contribution in [-0.4, -0.2) is 10.9 Å². The highest BCUT2D eigenvalue weighted by Gasteiger charge is 2.30. The second-order valence-corrected chi connectivity index (χ2v) is 7.62. The van der Waals surface area contributed by atoms with E-state index in [1.807, 2.05) is 6.07 Å². The van der Waals surface area contributed by atoms with Crippen molar-refractivity contribution in [3.63, 3.8) is 0 Å². The van der Waals surface area contributed by atoms with Crippen molar-refractivity contribution in [2.24, 2.45) is 0 Å². The molecule has 1 heterocycles. The van der Waals surface area contributed by atoms with Crippen molar-refractivity contribution in [1.82, 2.24) is 10.3 Å². The third-order valence-corrected chi connectivity index (χ3v) is 5.42. The first kappa shape index (κ1) is 19.8. The number of nitriles is 1. The van der Waals surface area contributed by atoms with Crippen LogP contribution < -0.4 is 10.9 Å². The number of halogens is 2. The van der Waals surface area contributed by atoms with E-state index in [9.17, 15) is 18.4 Å². The molecule has 1 fully saturated rings. The van der Waals surface area contributed by atoms with Gasteiger partial charge in [0.2, 0.25) is 5.91 Å². The summed E-state index contributed by atoms with van der Waals surface area (Å²) in [5, 5.41) is 12.2. The summed E-state index contributed by atoms with van der Waals surface area (Å²) in [5.74, 6) is -1.29. The number of hydrogen-bond donors (Lipinski definition) is 2. The van der Waals surface area contributed by atoms with Crippen molar-refractivity contribution in [3.05, 3.63) is 80.6 Å². The van der Waals surface area contributed by atoms with Gasteiger partial charge in [0.25, 0.3) is 5.56 Å². The Kier molecular flexibility index (Phi) is 5.08. The van der Waals surface area contributed by atoms with Gasteiger partial charge in [0.05, 0.1) is 24.1 Å². The maximum Gasteiger partial charge on any atom is 0.252 e. The number of amides is 1. The maximum atomic E-state index is 14.2. The van der Waals surface area contributed by atoms with Gasteiger partial charge in [0.1, 0.15) is 11.6 Å². The summed E-state index contributed by atoms with van der Waals surface area (Å²) < 4.78 is 28.0. The number of pyridine rings is 1. The minimum absolute atomic E-state index is 0.132. The highest BCUT2D eigenvalue weighted by atomic mass is 19.1. The number of nitrogens with one attached hydrogen (secondary N) is 2. The van der Waals surface area contributed by atoms with E-state index < -0.39 is 23.6 Å². The Morgan fingerprint density at radius 3 is 2.70 bits per heavy atom. The molecule has 152 valence electrons. The Morgan fingerprint density at radius 2 is 2.03 bits per heavy atom. The summed E-state index contributed by atoms with van der Waals surface area (Å²) in [7, 11) is 0. The van der Waals surface area contributed by atoms with Gasteiger partial charge in [-0.2, -0.15) is 5.26 Å². The van der Waals surface area contributed by atoms with Gasteiger partial charge in [-0.25, -0.2) is 8.78 Å². The molecule has 1 saturated carbocycles. The second-order valence-electron chi connectivity index (χ2n) is 7.62. The van der Waals surface area contributed by atoms with E-state index in [1.165, 1.54) is 30.3 Å². The van der Waals surface area contributed by atoms with Gasteiger partial charge in [-0.05, 0) is 61.6 Å². The Hall–Kier alpha value is -3.53. The molecule has 2 N–H and O–H groups in total. The number of nitrogens with zero attached hydrogens (tertiary/aromatic N) is 1. The van der Waals surface area contributed by atoms with Gasteiger partial charge < -0.3 is 10.3 Å². The molecule has 0 spiro atoms. The van der Waals surface area contributed by atoms with Gasteiger partial charge in [-0.15, -0.1) is 0 Å². The first-order chi connectivity index (χ1) is 14.4. The van der Waals surface area contributed by atoms with E-state index in [4.69, 9.17) is 5.26 Å². The predicted molar refractivity (Wildman–Crippen MR) is 108 cm³/mol. The third-order valence-electron chi connectivity index (χ3n) is 5.42. The van der Waals surface area contributed by atoms with Gasteiger partial charge in [-0.1, -0.05) is 6.07 Å². The molecular weight excluding hydrogens is 388 g/mol. The molecule has 1 aromatic heterocycles. The topological polar surface area (TPSA) is 85.8 Å². The third kappa shape index (κ3) is 3.81. The van der Waals surface area contributed by atoms with E-state index in [0.29, 0.717) is 16.5 Å². The van der Waals surface area contributed by atoms with Crippen LogP contribution in [0.5, 0.6) is 0 Å². The Labute approximate surface area is 171 Å². The number of fused-ring (bicyclic) bond motifs is 1. The molecule has 3 aromatic rings. The zero-order valence-electron chi connectivity index (χ0n) is 16.3. The van der Waals surface area contributed by atoms with Crippen LogP contribution in [0.3, 0.4) is 0 Å². The van der Waals surface area contributed by atoms with Gasteiger partial charge in [0.15, 0.2) is 0 Å². The number of aromatic nitrogens is 1. The average Bonchev–Trinajstić information content (AvgIpc) is 3.53. The summed E-state index contributed by atoms with van der Waals surface area (Å²) >= 11 is 0. The molecule has 1 atom stereocenters. The molecule has 5 nitrogen and oxygen atoms in total. The zero-order valence-corrected chi connectivity index (χ0v) is 16.3. The van der Waals surface area contributed by atoms with Crippen LogP contribution in [0.4, 0.5) is 8.78 Å². The van der Waals surface area contributed by atoms with Crippen molar-refractivity contribution >= 4 is 16.8 Å². The lowest BCUT2D eigenvalue weighted by molar-refractivity contribution is -0.121. The first-order valence-corrected chi connectivity index (χ1v) is 9.70. The fourth-order valence-corrected chi connectivity index (χ4v) is 3.82. The van der Waals surface area contributed by atoms with Crippen LogP contribution in [-0.2, 0) is 11.2 Å². The highest BCUT2D eigenvalue weighted by molar-refractivity contribution is 5.87. The van der Waals surface area contributed by atoms with E-state index >= 15 is 0 Å². The molecular formula is C23H19F2N3O2. The van der Waals surface area contributed by atoms with Gasteiger partial charge in [-0.3, -0.25) is 9.59 Å². The molecule has 0 saturated heterocycles. The molecule has 1 aliphatic carbocycles. The summed E-state index contributed by atoms with van der Waals surface area (Å²) in [6, 6.07) is 9.47. The van der Waals surface area contributed by atoms with Crippen LogP contribution in [0.25, 0.3) is 10.9 Å². The van der Waals surface area contributed by atoms with E-state index in [2.05, 4.69) is 10.3 Å². The number of carbonyl (C=O) groups excluding carboxylic acids is 1. The molecule has 1 aliphatic rings. The summed E-state index contributed by atoms with van der Waals surface area (Å²) in [6.45, 7) is 1.63. The Balaban J connectivity index is 1.62. The molecule has 0 unspecified atom stereocenters. The van der Waals surface area contributed by atoms with Crippen molar-refractivity contribution in [3.8, 4) is 6.07 Å². The SMILES string of the molecule is C[C@@H](NC(=O)Cc1c(C2CC2)c2cc(F)ccc2[nH]c1=O)c1ccc(C#N)cc1F. The Morgan fingerprint density at radius 1 is 1.27 bits per heavy atom. The predicted octanol–water partition coefficient (Wildman–Crippen LogP) is 3.98. The largest absolute Gasteiger partial charge is 0.349 e. The fraction of sp³-hybridized carbons (Fsp3) is 0.261. The fourth-order valence-electron chi connectivity index (χ4n) is 3.82. The van der Waals surface area contributed by atoms with Crippen molar-refractivity contribution in [2.75, 3.05) is 0 Å². The van der Waals surface area contributed by atoms with Crippen LogP contribution >= 0.6 is 0 Å². The van der Waals surface area contributed by atoms with Crippen molar-refractivity contribution < 1.29 is 13.6 Å². The monoisotopic (exact) mass is 407 g/mol. The minimum Gasteiger partial charge on any atom is -0.349 e. The number of benzene rings is 2. The van der Waals surface area contributed by atoms with Crippen molar-refractivity contribution in [1.29, 1.82) is 5.26 Å². The minimum atomic E-state index is -0.647. The lowest BCUT2D eigenvalue weighted by Gasteiger charge is -2.17. The molecule has 0 bridgehead atoms. The number of aromatic amines is 1. The molecule has 1 amide bonds. The quantitative estimate of drug-likeness (QED) is 0.671. The summed E-state index contributed by atoms with van der Waals surface area (Å²) in [4.78, 5) is 28.1. The van der Waals surface area contributed by atoms with Crippen LogP contribution in [0, 0.1) is 23.0 Å². The molecule has 4 rings (SSSR count). The van der Waals surface area contributed by atoms with E-state index in [1.54, 1.807) is 6.92 Å². The normalized spacial score (nSPS) is 14.3. The van der Waals surface area contributed by atoms with Crippen LogP contribution in [0.2, 0.25) is 0 Å². The zero-order chi connectivity index (χ0) is 21.4. The molecule has 0 aliphatic heterocycles. The molecule has 0 radical (unpaired) electrons. The second kappa shape index (κ2) is 7.71. The lowest BCUT2D eigenvalue weighted by Crippen LogP contribution is -2.31. The number of H-pyrrole nitrogens is 1. The molecule has 30 heavy (non-hydrogen) atoms. The molecule has 2 aromatic carbocycles. The van der Waals surface area contributed by atoms with E-state index in [0.717, 1.165) is 24.5 Å². The van der Waals surface area contributed by atoms with Crippen molar-refractivity contribution in [2.45, 2.75) is 38.1 Å². The molecule has 7 heteroatoms. The number of rotatable bonds is 5. The standard InChI is InChI=1S/C23H19F2N3O2/c1-12(16-6-2-13(11-26)8-19(16)25)27-21(29)10-18-22(14-3-4-14)17-9-15(24)5-7-20(17)28-23(18)30/h2,5-9,12,14H,3-4,10H2,1H3,(H,27,29)(H,28,30)/t12-/m1/s1. The van der Waals surface area contributed by atoms with Gasteiger partial charge in [0, 0.05) is 22.0 Å². The summed E-state index contributed by atoms with van der Waals surface area (Å²) in [6.07, 6.45) is 1.59. The van der Waals surface area contributed by atoms with Crippen LogP contribution in [0.1, 0.15) is 54.0 Å². The number of hydrogen-bond acceptors (Lipinski definition) is 3. The summed E-state index contributed by atoms with van der Waals surface area (Å²) in [5.41, 5.74) is 1.66. The number of carbonyl (C=O) groups is 1. The maximum absolute atomic E-state index is 14.2. The van der Waals surface area contributed by atoms with Gasteiger partial charge >= 0.3 is 0 Å². The lowest BCUT2D eigenvalue weighted by atomic mass is 9.96. The highest BCUT2D eigenvalue weighted by Crippen LogP contribution is 2.44. The first-order valence-electron chi connectivity index (χ1n) is 9.70. The Bertz CT molecular complexity index is 1260. The average molecular weight is 407 g/mol. The smallest absolute Gasteiger partial charge is 0.252 e. The van der Waals surface area contributed by atoms with Crippen LogP contribution in [0.15, 0.2) is 41.2 Å².